The number of nitrogens with zero attached hydrogens (tertiary/aromatic N) is 1. The van der Waals surface area contributed by atoms with Crippen LogP contribution < -0.4 is 0 Å². The monoisotopic (exact) mass is 315 g/mol. The zero-order chi connectivity index (χ0) is 17.4. The molecule has 0 spiro atoms. The molecule has 1 aliphatic heterocycles. The van der Waals surface area contributed by atoms with Crippen LogP contribution >= 0.6 is 0 Å². The second-order valence-electron chi connectivity index (χ2n) is 5.36. The van der Waals surface area contributed by atoms with Crippen LogP contribution in [0.5, 0.6) is 0 Å². The molecule has 0 unspecified atom stereocenters. The maximum atomic E-state index is 4.17. The van der Waals surface area contributed by atoms with E-state index in [-0.39, 0.29) is 0 Å². The van der Waals surface area contributed by atoms with Crippen molar-refractivity contribution in [3.63, 3.8) is 0 Å². The van der Waals surface area contributed by atoms with Crippen molar-refractivity contribution in [3.8, 4) is 0 Å². The van der Waals surface area contributed by atoms with E-state index in [1.54, 1.807) is 0 Å². The molecular formula is C23H25N. The normalized spacial score (nSPS) is 14.0. The van der Waals surface area contributed by atoms with E-state index in [1.807, 2.05) is 26.0 Å². The van der Waals surface area contributed by atoms with Crippen LogP contribution in [0.15, 0.2) is 97.5 Å². The Morgan fingerprint density at radius 2 is 1.50 bits per heavy atom. The van der Waals surface area contributed by atoms with Gasteiger partial charge in [-0.05, 0) is 41.3 Å². The van der Waals surface area contributed by atoms with Crippen molar-refractivity contribution < 1.29 is 0 Å². The molecule has 1 heteroatoms. The fourth-order valence-electron chi connectivity index (χ4n) is 2.48. The summed E-state index contributed by atoms with van der Waals surface area (Å²) in [7, 11) is 0. The molecule has 0 saturated carbocycles. The number of benzene rings is 2. The van der Waals surface area contributed by atoms with E-state index >= 15 is 0 Å². The summed E-state index contributed by atoms with van der Waals surface area (Å²) in [6.45, 7) is 10.3. The highest BCUT2D eigenvalue weighted by Crippen LogP contribution is 2.25. The van der Waals surface area contributed by atoms with E-state index < -0.39 is 0 Å². The Labute approximate surface area is 146 Å². The second kappa shape index (κ2) is 8.73. The van der Waals surface area contributed by atoms with Gasteiger partial charge in [-0.2, -0.15) is 0 Å². The molecule has 0 aliphatic carbocycles. The van der Waals surface area contributed by atoms with E-state index in [2.05, 4.69) is 91.5 Å². The summed E-state index contributed by atoms with van der Waals surface area (Å²) in [6.07, 6.45) is 8.42. The lowest BCUT2D eigenvalue weighted by Gasteiger charge is -2.22. The number of hydrogen-bond acceptors (Lipinski definition) is 1. The van der Waals surface area contributed by atoms with Gasteiger partial charge in [0.1, 0.15) is 0 Å². The van der Waals surface area contributed by atoms with Gasteiger partial charge < -0.3 is 4.90 Å². The zero-order valence-electron chi connectivity index (χ0n) is 14.7. The Kier molecular flexibility index (Phi) is 6.39. The SMILES string of the molecule is C=C1C=C(c2ccccc2)C=CN1/C=C(\C)c1ccccc1.CC. The second-order valence-corrected chi connectivity index (χ2v) is 5.36. The Morgan fingerprint density at radius 1 is 0.917 bits per heavy atom. The summed E-state index contributed by atoms with van der Waals surface area (Å²) in [5.74, 6) is 0. The molecule has 0 atom stereocenters. The van der Waals surface area contributed by atoms with E-state index in [4.69, 9.17) is 0 Å². The van der Waals surface area contributed by atoms with Crippen molar-refractivity contribution in [2.45, 2.75) is 20.8 Å². The van der Waals surface area contributed by atoms with Crippen molar-refractivity contribution in [1.82, 2.24) is 4.90 Å². The molecule has 0 aromatic heterocycles. The van der Waals surface area contributed by atoms with Crippen LogP contribution in [0.4, 0.5) is 0 Å². The minimum absolute atomic E-state index is 0.969. The summed E-state index contributed by atoms with van der Waals surface area (Å²) in [6, 6.07) is 20.8. The quantitative estimate of drug-likeness (QED) is 0.625. The van der Waals surface area contributed by atoms with Crippen LogP contribution in [0.25, 0.3) is 11.1 Å². The molecule has 0 radical (unpaired) electrons. The molecule has 2 aromatic carbocycles. The summed E-state index contributed by atoms with van der Waals surface area (Å²) >= 11 is 0. The van der Waals surface area contributed by atoms with Gasteiger partial charge in [-0.15, -0.1) is 0 Å². The van der Waals surface area contributed by atoms with E-state index in [0.29, 0.717) is 0 Å². The Bertz CT molecular complexity index is 749. The molecule has 0 amide bonds. The molecule has 1 aliphatic rings. The average Bonchev–Trinajstić information content (AvgIpc) is 2.66. The Morgan fingerprint density at radius 3 is 2.08 bits per heavy atom. The van der Waals surface area contributed by atoms with Crippen molar-refractivity contribution in [1.29, 1.82) is 0 Å². The molecular weight excluding hydrogens is 290 g/mol. The summed E-state index contributed by atoms with van der Waals surface area (Å²) in [4.78, 5) is 2.06. The van der Waals surface area contributed by atoms with Crippen LogP contribution in [-0.2, 0) is 0 Å². The highest BCUT2D eigenvalue weighted by atomic mass is 15.1. The minimum atomic E-state index is 0.969. The molecule has 0 saturated heterocycles. The molecule has 2 aromatic rings. The number of hydrogen-bond donors (Lipinski definition) is 0. The average molecular weight is 315 g/mol. The molecule has 0 N–H and O–H groups in total. The fraction of sp³-hybridized carbons (Fsp3) is 0.130. The zero-order valence-corrected chi connectivity index (χ0v) is 14.7. The van der Waals surface area contributed by atoms with Gasteiger partial charge >= 0.3 is 0 Å². The van der Waals surface area contributed by atoms with Crippen LogP contribution in [0.1, 0.15) is 31.9 Å². The van der Waals surface area contributed by atoms with Crippen LogP contribution in [0, 0.1) is 0 Å². The van der Waals surface area contributed by atoms with Gasteiger partial charge in [-0.25, -0.2) is 0 Å². The van der Waals surface area contributed by atoms with Crippen molar-refractivity contribution >= 4 is 11.1 Å². The molecule has 0 bridgehead atoms. The van der Waals surface area contributed by atoms with E-state index in [9.17, 15) is 0 Å². The lowest BCUT2D eigenvalue weighted by molar-refractivity contribution is 0.652. The first-order chi connectivity index (χ1) is 11.7. The molecule has 1 heterocycles. The maximum absolute atomic E-state index is 4.17. The standard InChI is InChI=1S/C21H19N.C2H6/c1-17(19-9-5-3-6-10-19)16-22-14-13-21(15-18(22)2)20-11-7-4-8-12-20;1-2/h3-16H,2H2,1H3;1-2H3/b17-16+;. The summed E-state index contributed by atoms with van der Waals surface area (Å²) in [5.41, 5.74) is 5.80. The van der Waals surface area contributed by atoms with Crippen molar-refractivity contribution in [2.24, 2.45) is 0 Å². The van der Waals surface area contributed by atoms with Gasteiger partial charge in [0.2, 0.25) is 0 Å². The molecule has 3 rings (SSSR count). The third-order valence-electron chi connectivity index (χ3n) is 3.74. The highest BCUT2D eigenvalue weighted by Gasteiger charge is 2.08. The van der Waals surface area contributed by atoms with Gasteiger partial charge in [0.25, 0.3) is 0 Å². The van der Waals surface area contributed by atoms with Gasteiger partial charge in [0.15, 0.2) is 0 Å². The van der Waals surface area contributed by atoms with Crippen molar-refractivity contribution in [2.75, 3.05) is 0 Å². The minimum Gasteiger partial charge on any atom is -0.324 e. The van der Waals surface area contributed by atoms with Gasteiger partial charge in [0.05, 0.1) is 0 Å². The van der Waals surface area contributed by atoms with Crippen LogP contribution in [0.2, 0.25) is 0 Å². The molecule has 24 heavy (non-hydrogen) atoms. The topological polar surface area (TPSA) is 3.24 Å². The van der Waals surface area contributed by atoms with Crippen LogP contribution in [-0.4, -0.2) is 4.90 Å². The largest absolute Gasteiger partial charge is 0.324 e. The number of rotatable bonds is 3. The summed E-state index contributed by atoms with van der Waals surface area (Å²) in [5, 5.41) is 0. The predicted octanol–water partition coefficient (Wildman–Crippen LogP) is 6.50. The van der Waals surface area contributed by atoms with E-state index in [1.165, 1.54) is 22.3 Å². The molecule has 122 valence electrons. The third kappa shape index (κ3) is 4.36. The first-order valence-corrected chi connectivity index (χ1v) is 8.40. The van der Waals surface area contributed by atoms with Gasteiger partial charge in [-0.3, -0.25) is 0 Å². The third-order valence-corrected chi connectivity index (χ3v) is 3.74. The maximum Gasteiger partial charge on any atom is 0.0383 e. The smallest absolute Gasteiger partial charge is 0.0383 e. The number of allylic oxidation sites excluding steroid dienone is 4. The highest BCUT2D eigenvalue weighted by molar-refractivity contribution is 5.77. The van der Waals surface area contributed by atoms with Crippen molar-refractivity contribution in [3.05, 3.63) is 109 Å². The van der Waals surface area contributed by atoms with E-state index in [0.717, 1.165) is 5.70 Å². The van der Waals surface area contributed by atoms with Gasteiger partial charge in [-0.1, -0.05) is 81.1 Å². The lowest BCUT2D eigenvalue weighted by Crippen LogP contribution is -2.10. The Hall–Kier alpha value is -2.80. The van der Waals surface area contributed by atoms with Crippen LogP contribution in [0.3, 0.4) is 0 Å². The first-order valence-electron chi connectivity index (χ1n) is 8.40. The molecule has 0 fully saturated rings. The van der Waals surface area contributed by atoms with Gasteiger partial charge in [0, 0.05) is 18.1 Å². The summed E-state index contributed by atoms with van der Waals surface area (Å²) < 4.78 is 0. The molecule has 1 nitrogen and oxygen atoms in total. The first kappa shape index (κ1) is 17.6. The Balaban J connectivity index is 0.00000100. The predicted molar refractivity (Wildman–Crippen MR) is 106 cm³/mol. The fourth-order valence-corrected chi connectivity index (χ4v) is 2.48. The lowest BCUT2D eigenvalue weighted by atomic mass is 10.0.